The molecule has 2 rings (SSSR count). The molecule has 1 aliphatic heterocycles. The minimum absolute atomic E-state index is 0.209. The fraction of sp³-hybridized carbons (Fsp3) is 0.667. The molecule has 1 aliphatic rings. The Hall–Kier alpha value is -0.840. The van der Waals surface area contributed by atoms with Gasteiger partial charge in [-0.3, -0.25) is 4.68 Å². The second kappa shape index (κ2) is 2.82. The van der Waals surface area contributed by atoms with Crippen molar-refractivity contribution in [1.29, 1.82) is 0 Å². The predicted molar refractivity (Wildman–Crippen MR) is 53.9 cm³/mol. The predicted octanol–water partition coefficient (Wildman–Crippen LogP) is 0.725. The first-order valence-corrected chi connectivity index (χ1v) is 6.46. The Bertz CT molecular complexity index is 449. The van der Waals surface area contributed by atoms with Crippen LogP contribution >= 0.6 is 0 Å². The summed E-state index contributed by atoms with van der Waals surface area (Å²) in [5.74, 6) is 0.490. The molecule has 1 fully saturated rings. The fourth-order valence-electron chi connectivity index (χ4n) is 1.88. The van der Waals surface area contributed by atoms with E-state index >= 15 is 0 Å². The van der Waals surface area contributed by atoms with Crippen LogP contribution in [0.4, 0.5) is 0 Å². The lowest BCUT2D eigenvalue weighted by Gasteiger charge is -2.22. The highest BCUT2D eigenvalue weighted by atomic mass is 32.2. The molecule has 0 aromatic carbocycles. The second-order valence-corrected chi connectivity index (χ2v) is 6.49. The third-order valence-electron chi connectivity index (χ3n) is 2.75. The van der Waals surface area contributed by atoms with Crippen LogP contribution in [0.15, 0.2) is 12.4 Å². The Kier molecular flexibility index (Phi) is 1.96. The van der Waals surface area contributed by atoms with E-state index in [9.17, 15) is 8.42 Å². The lowest BCUT2D eigenvalue weighted by Crippen LogP contribution is -2.31. The molecular weight excluding hydrogens is 200 g/mol. The van der Waals surface area contributed by atoms with E-state index in [1.165, 1.54) is 0 Å². The Morgan fingerprint density at radius 3 is 2.71 bits per heavy atom. The van der Waals surface area contributed by atoms with E-state index in [0.717, 1.165) is 5.56 Å². The second-order valence-electron chi connectivity index (χ2n) is 4.30. The molecule has 1 aromatic rings. The molecule has 0 aliphatic carbocycles. The van der Waals surface area contributed by atoms with Crippen LogP contribution in [-0.4, -0.2) is 29.7 Å². The molecule has 0 bridgehead atoms. The van der Waals surface area contributed by atoms with Crippen molar-refractivity contribution < 1.29 is 8.42 Å². The van der Waals surface area contributed by atoms with Crippen molar-refractivity contribution >= 4 is 9.84 Å². The van der Waals surface area contributed by atoms with E-state index in [4.69, 9.17) is 0 Å². The van der Waals surface area contributed by atoms with E-state index < -0.39 is 9.84 Å². The van der Waals surface area contributed by atoms with E-state index in [-0.39, 0.29) is 17.0 Å². The first-order valence-electron chi connectivity index (χ1n) is 4.64. The van der Waals surface area contributed by atoms with Gasteiger partial charge in [-0.1, -0.05) is 0 Å². The van der Waals surface area contributed by atoms with Crippen molar-refractivity contribution in [3.05, 3.63) is 18.0 Å². The van der Waals surface area contributed by atoms with E-state index in [0.29, 0.717) is 6.42 Å². The standard InChI is InChI=1S/C9H14N2O2S/c1-8-5-10-11(6-8)9(2)3-4-14(12,13)7-9/h5-6H,3-4,7H2,1-2H3. The number of hydrogen-bond donors (Lipinski definition) is 0. The summed E-state index contributed by atoms with van der Waals surface area (Å²) in [7, 11) is -2.85. The molecule has 14 heavy (non-hydrogen) atoms. The average Bonchev–Trinajstić information content (AvgIpc) is 2.57. The molecule has 2 heterocycles. The van der Waals surface area contributed by atoms with Crippen molar-refractivity contribution in [1.82, 2.24) is 9.78 Å². The summed E-state index contributed by atoms with van der Waals surface area (Å²) in [6, 6.07) is 0. The number of aryl methyl sites for hydroxylation is 1. The third-order valence-corrected chi connectivity index (χ3v) is 4.64. The van der Waals surface area contributed by atoms with Gasteiger partial charge in [0.1, 0.15) is 0 Å². The van der Waals surface area contributed by atoms with Crippen molar-refractivity contribution in [2.45, 2.75) is 25.8 Å². The van der Waals surface area contributed by atoms with Crippen LogP contribution in [0.2, 0.25) is 0 Å². The molecule has 0 radical (unpaired) electrons. The van der Waals surface area contributed by atoms with Gasteiger partial charge >= 0.3 is 0 Å². The Balaban J connectivity index is 2.36. The van der Waals surface area contributed by atoms with Crippen LogP contribution in [0, 0.1) is 6.92 Å². The maximum Gasteiger partial charge on any atom is 0.152 e. The van der Waals surface area contributed by atoms with Gasteiger partial charge in [0.15, 0.2) is 9.84 Å². The maximum atomic E-state index is 11.4. The van der Waals surface area contributed by atoms with Gasteiger partial charge in [-0.15, -0.1) is 0 Å². The molecule has 1 atom stereocenters. The molecule has 1 aromatic heterocycles. The molecule has 78 valence electrons. The number of rotatable bonds is 1. The van der Waals surface area contributed by atoms with Crippen LogP contribution in [0.25, 0.3) is 0 Å². The molecule has 4 nitrogen and oxygen atoms in total. The van der Waals surface area contributed by atoms with Gasteiger partial charge in [-0.05, 0) is 25.8 Å². The largest absolute Gasteiger partial charge is 0.266 e. The van der Waals surface area contributed by atoms with Crippen molar-refractivity contribution in [2.24, 2.45) is 0 Å². The van der Waals surface area contributed by atoms with Crippen LogP contribution in [0.1, 0.15) is 18.9 Å². The molecule has 0 saturated carbocycles. The zero-order valence-corrected chi connectivity index (χ0v) is 9.21. The number of hydrogen-bond acceptors (Lipinski definition) is 3. The molecule has 1 unspecified atom stereocenters. The van der Waals surface area contributed by atoms with Gasteiger partial charge in [0.05, 0.1) is 23.2 Å². The molecule has 5 heteroatoms. The highest BCUT2D eigenvalue weighted by Crippen LogP contribution is 2.29. The van der Waals surface area contributed by atoms with Crippen LogP contribution in [0.3, 0.4) is 0 Å². The summed E-state index contributed by atoms with van der Waals surface area (Å²) >= 11 is 0. The summed E-state index contributed by atoms with van der Waals surface area (Å²) in [4.78, 5) is 0. The van der Waals surface area contributed by atoms with Crippen molar-refractivity contribution in [2.75, 3.05) is 11.5 Å². The molecule has 1 saturated heterocycles. The maximum absolute atomic E-state index is 11.4. The minimum atomic E-state index is -2.85. The van der Waals surface area contributed by atoms with Gasteiger partial charge in [0.25, 0.3) is 0 Å². The van der Waals surface area contributed by atoms with Crippen molar-refractivity contribution in [3.63, 3.8) is 0 Å². The molecule has 0 N–H and O–H groups in total. The SMILES string of the molecule is Cc1cnn(C2(C)CCS(=O)(=O)C2)c1. The smallest absolute Gasteiger partial charge is 0.152 e. The van der Waals surface area contributed by atoms with Gasteiger partial charge in [-0.25, -0.2) is 8.42 Å². The zero-order valence-electron chi connectivity index (χ0n) is 8.40. The van der Waals surface area contributed by atoms with Crippen LogP contribution in [-0.2, 0) is 15.4 Å². The van der Waals surface area contributed by atoms with Gasteiger partial charge in [0.2, 0.25) is 0 Å². The summed E-state index contributed by atoms with van der Waals surface area (Å²) in [5.41, 5.74) is 0.725. The Morgan fingerprint density at radius 1 is 1.57 bits per heavy atom. The average molecular weight is 214 g/mol. The van der Waals surface area contributed by atoms with E-state index in [2.05, 4.69) is 5.10 Å². The Morgan fingerprint density at radius 2 is 2.29 bits per heavy atom. The van der Waals surface area contributed by atoms with Gasteiger partial charge in [0, 0.05) is 6.20 Å². The van der Waals surface area contributed by atoms with Crippen molar-refractivity contribution in [3.8, 4) is 0 Å². The topological polar surface area (TPSA) is 52.0 Å². The monoisotopic (exact) mass is 214 g/mol. The first-order chi connectivity index (χ1) is 6.41. The highest BCUT2D eigenvalue weighted by molar-refractivity contribution is 7.91. The summed E-state index contributed by atoms with van der Waals surface area (Å²) in [6.07, 6.45) is 4.33. The molecule has 0 amide bonds. The molecular formula is C9H14N2O2S. The van der Waals surface area contributed by atoms with Gasteiger partial charge in [-0.2, -0.15) is 5.10 Å². The van der Waals surface area contributed by atoms with Crippen LogP contribution < -0.4 is 0 Å². The minimum Gasteiger partial charge on any atom is -0.266 e. The van der Waals surface area contributed by atoms with Gasteiger partial charge < -0.3 is 0 Å². The van der Waals surface area contributed by atoms with E-state index in [1.54, 1.807) is 10.9 Å². The van der Waals surface area contributed by atoms with E-state index in [1.807, 2.05) is 20.0 Å². The third kappa shape index (κ3) is 1.56. The number of nitrogens with zero attached hydrogens (tertiary/aromatic N) is 2. The summed E-state index contributed by atoms with van der Waals surface area (Å²) in [6.45, 7) is 3.90. The first kappa shape index (κ1) is 9.71. The van der Waals surface area contributed by atoms with Crippen LogP contribution in [0.5, 0.6) is 0 Å². The highest BCUT2D eigenvalue weighted by Gasteiger charge is 2.40. The fourth-order valence-corrected chi connectivity index (χ4v) is 4.00. The quantitative estimate of drug-likeness (QED) is 0.692. The molecule has 0 spiro atoms. The summed E-state index contributed by atoms with van der Waals surface area (Å²) < 4.78 is 24.6. The lowest BCUT2D eigenvalue weighted by molar-refractivity contribution is 0.328. The zero-order chi connectivity index (χ0) is 10.4. The lowest BCUT2D eigenvalue weighted by atomic mass is 10.0. The normalized spacial score (nSPS) is 30.7. The Labute approximate surface area is 83.8 Å². The summed E-state index contributed by atoms with van der Waals surface area (Å²) in [5, 5.41) is 4.19. The number of aromatic nitrogens is 2. The number of sulfone groups is 1.